The molecule has 0 aromatic heterocycles. The molecule has 0 aliphatic heterocycles. The average molecular weight is 309 g/mol. The second-order valence-electron chi connectivity index (χ2n) is 4.90. The summed E-state index contributed by atoms with van der Waals surface area (Å²) in [7, 11) is 0. The van der Waals surface area contributed by atoms with Crippen molar-refractivity contribution in [2.24, 2.45) is 5.92 Å². The van der Waals surface area contributed by atoms with E-state index < -0.39 is 46.9 Å². The molecule has 0 saturated heterocycles. The van der Waals surface area contributed by atoms with E-state index in [2.05, 4.69) is 5.32 Å². The topological polar surface area (TPSA) is 141 Å². The number of rotatable bonds is 6. The number of carbonyl (C=O) groups is 4. The van der Waals surface area contributed by atoms with Crippen LogP contribution < -0.4 is 5.32 Å². The summed E-state index contributed by atoms with van der Waals surface area (Å²) < 4.78 is 0. The third kappa shape index (κ3) is 3.81. The van der Waals surface area contributed by atoms with Gasteiger partial charge < -0.3 is 20.6 Å². The van der Waals surface area contributed by atoms with Gasteiger partial charge in [-0.05, 0) is 24.1 Å². The Balaban J connectivity index is 3.25. The molecule has 1 aromatic rings. The predicted octanol–water partition coefficient (Wildman–Crippen LogP) is 0.922. The number of aliphatic carboxylic acids is 1. The molecule has 0 bridgehead atoms. The molecule has 4 N–H and O–H groups in total. The summed E-state index contributed by atoms with van der Waals surface area (Å²) in [4.78, 5) is 45.2. The molecule has 8 heteroatoms. The van der Waals surface area contributed by atoms with Gasteiger partial charge in [-0.15, -0.1) is 0 Å². The molecule has 118 valence electrons. The number of benzene rings is 1. The zero-order valence-electron chi connectivity index (χ0n) is 11.9. The highest BCUT2D eigenvalue weighted by Gasteiger charge is 2.26. The first-order valence-electron chi connectivity index (χ1n) is 6.29. The zero-order chi connectivity index (χ0) is 17.0. The highest BCUT2D eigenvalue weighted by molar-refractivity contribution is 6.07. The van der Waals surface area contributed by atoms with Crippen molar-refractivity contribution in [1.29, 1.82) is 0 Å². The van der Waals surface area contributed by atoms with E-state index in [1.165, 1.54) is 0 Å². The van der Waals surface area contributed by atoms with Crippen LogP contribution in [0.2, 0.25) is 0 Å². The van der Waals surface area contributed by atoms with E-state index in [9.17, 15) is 19.2 Å². The van der Waals surface area contributed by atoms with Crippen molar-refractivity contribution in [3.8, 4) is 0 Å². The van der Waals surface area contributed by atoms with E-state index in [0.717, 1.165) is 18.2 Å². The predicted molar refractivity (Wildman–Crippen MR) is 74.1 cm³/mol. The van der Waals surface area contributed by atoms with Gasteiger partial charge in [0, 0.05) is 0 Å². The van der Waals surface area contributed by atoms with Crippen LogP contribution in [0.1, 0.15) is 44.9 Å². The van der Waals surface area contributed by atoms with Gasteiger partial charge in [-0.1, -0.05) is 13.8 Å². The monoisotopic (exact) mass is 309 g/mol. The molecule has 0 aliphatic carbocycles. The van der Waals surface area contributed by atoms with Gasteiger partial charge >= 0.3 is 17.9 Å². The minimum absolute atomic E-state index is 0.272. The lowest BCUT2D eigenvalue weighted by atomic mass is 10.0. The third-order valence-electron chi connectivity index (χ3n) is 2.96. The SMILES string of the molecule is CC(C)[C@H](NC(=O)c1cc(C(=O)O)ccc1C(=O)O)C(=O)O. The average Bonchev–Trinajstić information content (AvgIpc) is 2.42. The first kappa shape index (κ1) is 17.2. The summed E-state index contributed by atoms with van der Waals surface area (Å²) in [5.74, 6) is -5.41. The summed E-state index contributed by atoms with van der Waals surface area (Å²) in [6, 6.07) is 1.73. The van der Waals surface area contributed by atoms with Crippen LogP contribution in [0.15, 0.2) is 18.2 Å². The molecule has 0 unspecified atom stereocenters. The van der Waals surface area contributed by atoms with E-state index in [4.69, 9.17) is 15.3 Å². The Kier molecular flexibility index (Phi) is 5.23. The van der Waals surface area contributed by atoms with Crippen molar-refractivity contribution in [3.63, 3.8) is 0 Å². The molecular formula is C14H15NO7. The lowest BCUT2D eigenvalue weighted by Crippen LogP contribution is -2.44. The Bertz CT molecular complexity index is 636. The fourth-order valence-corrected chi connectivity index (χ4v) is 1.78. The molecule has 1 aromatic carbocycles. The largest absolute Gasteiger partial charge is 0.480 e. The Morgan fingerprint density at radius 1 is 0.955 bits per heavy atom. The lowest BCUT2D eigenvalue weighted by Gasteiger charge is -2.18. The standard InChI is InChI=1S/C14H15NO7/c1-6(2)10(14(21)22)15-11(16)9-5-7(12(17)18)3-4-8(9)13(19)20/h3-6,10H,1-2H3,(H,15,16)(H,17,18)(H,19,20)(H,21,22)/t10-/m0/s1. The van der Waals surface area contributed by atoms with Crippen molar-refractivity contribution in [1.82, 2.24) is 5.32 Å². The van der Waals surface area contributed by atoms with Crippen molar-refractivity contribution in [3.05, 3.63) is 34.9 Å². The van der Waals surface area contributed by atoms with Crippen molar-refractivity contribution in [2.75, 3.05) is 0 Å². The molecule has 22 heavy (non-hydrogen) atoms. The lowest BCUT2D eigenvalue weighted by molar-refractivity contribution is -0.140. The van der Waals surface area contributed by atoms with Crippen LogP contribution in [0.5, 0.6) is 0 Å². The van der Waals surface area contributed by atoms with Crippen LogP contribution in [-0.2, 0) is 4.79 Å². The number of carboxylic acid groups (broad SMARTS) is 3. The first-order valence-corrected chi connectivity index (χ1v) is 6.29. The fraction of sp³-hybridized carbons (Fsp3) is 0.286. The zero-order valence-corrected chi connectivity index (χ0v) is 11.9. The van der Waals surface area contributed by atoms with Gasteiger partial charge in [-0.2, -0.15) is 0 Å². The number of nitrogens with one attached hydrogen (secondary N) is 1. The van der Waals surface area contributed by atoms with Crippen molar-refractivity contribution >= 4 is 23.8 Å². The second kappa shape index (κ2) is 6.70. The number of aromatic carboxylic acids is 2. The minimum atomic E-state index is -1.42. The summed E-state index contributed by atoms with van der Waals surface area (Å²) in [6.45, 7) is 3.15. The van der Waals surface area contributed by atoms with Gasteiger partial charge in [0.2, 0.25) is 0 Å². The normalized spacial score (nSPS) is 11.8. The van der Waals surface area contributed by atoms with Crippen LogP contribution >= 0.6 is 0 Å². The van der Waals surface area contributed by atoms with Crippen molar-refractivity contribution < 1.29 is 34.5 Å². The number of amides is 1. The molecule has 0 radical (unpaired) electrons. The maximum Gasteiger partial charge on any atom is 0.336 e. The maximum absolute atomic E-state index is 12.1. The molecule has 0 fully saturated rings. The molecule has 0 aliphatic rings. The molecule has 8 nitrogen and oxygen atoms in total. The van der Waals surface area contributed by atoms with Crippen LogP contribution in [0.4, 0.5) is 0 Å². The van der Waals surface area contributed by atoms with E-state index in [0.29, 0.717) is 0 Å². The van der Waals surface area contributed by atoms with Gasteiger partial charge in [0.05, 0.1) is 16.7 Å². The third-order valence-corrected chi connectivity index (χ3v) is 2.96. The Morgan fingerprint density at radius 3 is 1.95 bits per heavy atom. The molecular weight excluding hydrogens is 294 g/mol. The van der Waals surface area contributed by atoms with Gasteiger partial charge in [-0.3, -0.25) is 4.79 Å². The van der Waals surface area contributed by atoms with Crippen LogP contribution in [-0.4, -0.2) is 45.2 Å². The fourth-order valence-electron chi connectivity index (χ4n) is 1.78. The molecule has 1 rings (SSSR count). The van der Waals surface area contributed by atoms with Gasteiger partial charge in [0.1, 0.15) is 6.04 Å². The van der Waals surface area contributed by atoms with Gasteiger partial charge in [-0.25, -0.2) is 14.4 Å². The molecule has 1 atom stereocenters. The van der Waals surface area contributed by atoms with Gasteiger partial charge in [0.25, 0.3) is 5.91 Å². The summed E-state index contributed by atoms with van der Waals surface area (Å²) in [5.41, 5.74) is -1.08. The van der Waals surface area contributed by atoms with Crippen molar-refractivity contribution in [2.45, 2.75) is 19.9 Å². The van der Waals surface area contributed by atoms with E-state index in [1.807, 2.05) is 0 Å². The van der Waals surface area contributed by atoms with Crippen LogP contribution in [0, 0.1) is 5.92 Å². The number of hydrogen-bond acceptors (Lipinski definition) is 4. The van der Waals surface area contributed by atoms with Gasteiger partial charge in [0.15, 0.2) is 0 Å². The maximum atomic E-state index is 12.1. The smallest absolute Gasteiger partial charge is 0.336 e. The summed E-state index contributed by atoms with van der Waals surface area (Å²) in [6.07, 6.45) is 0. The molecule has 0 heterocycles. The first-order chi connectivity index (χ1) is 10.1. The summed E-state index contributed by atoms with van der Waals surface area (Å²) in [5, 5.41) is 29.2. The van der Waals surface area contributed by atoms with Crippen LogP contribution in [0.3, 0.4) is 0 Å². The van der Waals surface area contributed by atoms with Crippen LogP contribution in [0.25, 0.3) is 0 Å². The van der Waals surface area contributed by atoms with E-state index in [1.54, 1.807) is 13.8 Å². The highest BCUT2D eigenvalue weighted by Crippen LogP contribution is 2.14. The van der Waals surface area contributed by atoms with E-state index in [-0.39, 0.29) is 5.56 Å². The van der Waals surface area contributed by atoms with E-state index >= 15 is 0 Å². The quantitative estimate of drug-likeness (QED) is 0.612. The second-order valence-corrected chi connectivity index (χ2v) is 4.90. The molecule has 0 spiro atoms. The number of carbonyl (C=O) groups excluding carboxylic acids is 1. The Hall–Kier alpha value is -2.90. The highest BCUT2D eigenvalue weighted by atomic mass is 16.4. The minimum Gasteiger partial charge on any atom is -0.480 e. The number of carboxylic acids is 3. The molecule has 1 amide bonds. The number of hydrogen-bond donors (Lipinski definition) is 4. The summed E-state index contributed by atoms with van der Waals surface area (Å²) >= 11 is 0. The Morgan fingerprint density at radius 2 is 1.55 bits per heavy atom. The Labute approximate surface area is 125 Å². The molecule has 0 saturated carbocycles.